The molecule has 1 N–H and O–H groups in total. The number of nitrogens with zero attached hydrogens (tertiary/aromatic N) is 1. The second kappa shape index (κ2) is 7.63. The van der Waals surface area contributed by atoms with Crippen molar-refractivity contribution in [3.05, 3.63) is 35.4 Å². The van der Waals surface area contributed by atoms with E-state index in [-0.39, 0.29) is 12.2 Å². The van der Waals surface area contributed by atoms with Gasteiger partial charge in [-0.05, 0) is 30.7 Å². The van der Waals surface area contributed by atoms with Gasteiger partial charge in [0.1, 0.15) is 0 Å². The van der Waals surface area contributed by atoms with Crippen LogP contribution >= 0.6 is 0 Å². The van der Waals surface area contributed by atoms with Crippen LogP contribution in [0.25, 0.3) is 0 Å². The van der Waals surface area contributed by atoms with Crippen LogP contribution in [0.15, 0.2) is 29.3 Å². The zero-order valence-electron chi connectivity index (χ0n) is 11.3. The maximum Gasteiger partial charge on any atom is 0.264 e. The minimum absolute atomic E-state index is 0.0477. The number of anilines is 1. The predicted octanol–water partition coefficient (Wildman–Crippen LogP) is 4.09. The molecule has 0 radical (unpaired) electrons. The average molecular weight is 268 g/mol. The van der Waals surface area contributed by atoms with Crippen molar-refractivity contribution in [2.45, 2.75) is 20.0 Å². The van der Waals surface area contributed by atoms with Gasteiger partial charge in [-0.1, -0.05) is 6.08 Å². The smallest absolute Gasteiger partial charge is 0.264 e. The first kappa shape index (κ1) is 15.3. The Balaban J connectivity index is 3.26. The zero-order chi connectivity index (χ0) is 14.3. The molecule has 0 aliphatic heterocycles. The number of alkyl halides is 2. The molecule has 0 fully saturated rings. The van der Waals surface area contributed by atoms with E-state index >= 15 is 0 Å². The van der Waals surface area contributed by atoms with Gasteiger partial charge in [0.25, 0.3) is 6.43 Å². The van der Waals surface area contributed by atoms with Crippen molar-refractivity contribution in [2.24, 2.45) is 4.99 Å². The summed E-state index contributed by atoms with van der Waals surface area (Å²) in [5.41, 5.74) is 1.59. The van der Waals surface area contributed by atoms with Crippen LogP contribution in [0.1, 0.15) is 24.5 Å². The van der Waals surface area contributed by atoms with Gasteiger partial charge >= 0.3 is 0 Å². The lowest BCUT2D eigenvalue weighted by Crippen LogP contribution is -1.99. The van der Waals surface area contributed by atoms with E-state index in [9.17, 15) is 8.78 Å². The maximum atomic E-state index is 13.0. The molecule has 0 saturated carbocycles. The number of nitrogens with one attached hydrogen (secondary N) is 1. The molecule has 0 aromatic heterocycles. The summed E-state index contributed by atoms with van der Waals surface area (Å²) in [6.07, 6.45) is 2.58. The second-order valence-corrected chi connectivity index (χ2v) is 3.86. The van der Waals surface area contributed by atoms with Crippen molar-refractivity contribution in [2.75, 3.05) is 19.5 Å². The molecule has 3 nitrogen and oxygen atoms in total. The van der Waals surface area contributed by atoms with Crippen LogP contribution < -0.4 is 5.32 Å². The SMILES string of the molecule is C/C=C/C=Nc1cc(C(F)F)c(COC)cc1NC. The fourth-order valence-corrected chi connectivity index (χ4v) is 1.65. The molecule has 1 rings (SSSR count). The second-order valence-electron chi connectivity index (χ2n) is 3.86. The molecule has 1 aromatic carbocycles. The summed E-state index contributed by atoms with van der Waals surface area (Å²) in [4.78, 5) is 4.16. The van der Waals surface area contributed by atoms with Crippen molar-refractivity contribution in [3.63, 3.8) is 0 Å². The Morgan fingerprint density at radius 3 is 2.68 bits per heavy atom. The van der Waals surface area contributed by atoms with Gasteiger partial charge in [-0.2, -0.15) is 0 Å². The van der Waals surface area contributed by atoms with E-state index in [1.165, 1.54) is 13.2 Å². The highest BCUT2D eigenvalue weighted by molar-refractivity contribution is 5.79. The van der Waals surface area contributed by atoms with E-state index in [4.69, 9.17) is 4.74 Å². The number of allylic oxidation sites excluding steroid dienone is 2. The molecular weight excluding hydrogens is 250 g/mol. The summed E-state index contributed by atoms with van der Waals surface area (Å²) in [5.74, 6) is 0. The molecule has 0 atom stereocenters. The van der Waals surface area contributed by atoms with Crippen LogP contribution in [0, 0.1) is 0 Å². The van der Waals surface area contributed by atoms with E-state index in [0.717, 1.165) is 0 Å². The Kier molecular flexibility index (Phi) is 6.15. The molecule has 0 saturated heterocycles. The Labute approximate surface area is 112 Å². The molecule has 0 bridgehead atoms. The number of benzene rings is 1. The lowest BCUT2D eigenvalue weighted by Gasteiger charge is -2.13. The topological polar surface area (TPSA) is 33.6 Å². The van der Waals surface area contributed by atoms with Crippen molar-refractivity contribution in [1.82, 2.24) is 0 Å². The number of methoxy groups -OCH3 is 1. The molecule has 0 heterocycles. The standard InChI is InChI=1S/C14H18F2N2O/c1-4-5-6-18-13-8-11(14(15)16)10(9-19-3)7-12(13)17-2/h4-8,14,17H,9H2,1-3H3/b5-4+,18-6?. The summed E-state index contributed by atoms with van der Waals surface area (Å²) in [5, 5.41) is 2.95. The fourth-order valence-electron chi connectivity index (χ4n) is 1.65. The first-order chi connectivity index (χ1) is 9.13. The summed E-state index contributed by atoms with van der Waals surface area (Å²) >= 11 is 0. The van der Waals surface area contributed by atoms with E-state index in [1.54, 1.807) is 25.4 Å². The highest BCUT2D eigenvalue weighted by Crippen LogP contribution is 2.33. The third-order valence-electron chi connectivity index (χ3n) is 2.55. The monoisotopic (exact) mass is 268 g/mol. The van der Waals surface area contributed by atoms with Gasteiger partial charge in [0.05, 0.1) is 18.0 Å². The van der Waals surface area contributed by atoms with Crippen molar-refractivity contribution < 1.29 is 13.5 Å². The van der Waals surface area contributed by atoms with Crippen molar-refractivity contribution in [3.8, 4) is 0 Å². The molecule has 104 valence electrons. The minimum atomic E-state index is -2.55. The van der Waals surface area contributed by atoms with E-state index in [2.05, 4.69) is 10.3 Å². The van der Waals surface area contributed by atoms with Crippen LogP contribution in [0.4, 0.5) is 20.2 Å². The summed E-state index contributed by atoms with van der Waals surface area (Å²) in [6.45, 7) is 2.00. The molecule has 0 amide bonds. The van der Waals surface area contributed by atoms with Gasteiger partial charge < -0.3 is 10.1 Å². The number of aliphatic imine (C=N–C) groups is 1. The molecule has 0 spiro atoms. The number of hydrogen-bond acceptors (Lipinski definition) is 3. The number of halogens is 2. The quantitative estimate of drug-likeness (QED) is 0.788. The largest absolute Gasteiger partial charge is 0.386 e. The minimum Gasteiger partial charge on any atom is -0.386 e. The van der Waals surface area contributed by atoms with E-state index in [1.807, 2.05) is 13.0 Å². The summed E-state index contributed by atoms with van der Waals surface area (Å²) in [6, 6.07) is 3.04. The van der Waals surface area contributed by atoms with Crippen molar-refractivity contribution in [1.29, 1.82) is 0 Å². The molecule has 0 aliphatic rings. The Morgan fingerprint density at radius 2 is 2.16 bits per heavy atom. The average Bonchev–Trinajstić information content (AvgIpc) is 2.39. The van der Waals surface area contributed by atoms with Gasteiger partial charge in [-0.25, -0.2) is 8.78 Å². The lowest BCUT2D eigenvalue weighted by molar-refractivity contribution is 0.141. The first-order valence-electron chi connectivity index (χ1n) is 5.91. The van der Waals surface area contributed by atoms with Gasteiger partial charge in [0.2, 0.25) is 0 Å². The van der Waals surface area contributed by atoms with Crippen LogP contribution in [0.2, 0.25) is 0 Å². The third-order valence-corrected chi connectivity index (χ3v) is 2.55. The third kappa shape index (κ3) is 4.13. The summed E-state index contributed by atoms with van der Waals surface area (Å²) < 4.78 is 31.0. The molecule has 19 heavy (non-hydrogen) atoms. The molecule has 1 aromatic rings. The zero-order valence-corrected chi connectivity index (χ0v) is 11.3. The van der Waals surface area contributed by atoms with Crippen LogP contribution in [-0.2, 0) is 11.3 Å². The van der Waals surface area contributed by atoms with E-state index in [0.29, 0.717) is 16.9 Å². The Bertz CT molecular complexity index is 471. The van der Waals surface area contributed by atoms with Crippen LogP contribution in [0.3, 0.4) is 0 Å². The molecule has 0 aliphatic carbocycles. The highest BCUT2D eigenvalue weighted by Gasteiger charge is 2.16. The number of ether oxygens (including phenoxy) is 1. The summed E-state index contributed by atoms with van der Waals surface area (Å²) in [7, 11) is 3.20. The number of hydrogen-bond donors (Lipinski definition) is 1. The fraction of sp³-hybridized carbons (Fsp3) is 0.357. The molecule has 5 heteroatoms. The molecular formula is C14H18F2N2O. The maximum absolute atomic E-state index is 13.0. The normalized spacial score (nSPS) is 11.9. The Morgan fingerprint density at radius 1 is 1.42 bits per heavy atom. The van der Waals surface area contributed by atoms with Crippen LogP contribution in [0.5, 0.6) is 0 Å². The number of rotatable bonds is 6. The first-order valence-corrected chi connectivity index (χ1v) is 5.91. The highest BCUT2D eigenvalue weighted by atomic mass is 19.3. The van der Waals surface area contributed by atoms with Gasteiger partial charge in [-0.3, -0.25) is 4.99 Å². The van der Waals surface area contributed by atoms with Crippen molar-refractivity contribution >= 4 is 17.6 Å². The van der Waals surface area contributed by atoms with Gasteiger partial charge in [-0.15, -0.1) is 0 Å². The molecule has 0 unspecified atom stereocenters. The van der Waals surface area contributed by atoms with E-state index < -0.39 is 6.43 Å². The van der Waals surface area contributed by atoms with Gasteiger partial charge in [0, 0.05) is 25.9 Å². The van der Waals surface area contributed by atoms with Crippen LogP contribution in [-0.4, -0.2) is 20.4 Å². The Hall–Kier alpha value is -1.75. The predicted molar refractivity (Wildman–Crippen MR) is 74.6 cm³/mol. The lowest BCUT2D eigenvalue weighted by atomic mass is 10.1. The van der Waals surface area contributed by atoms with Gasteiger partial charge in [0.15, 0.2) is 0 Å².